The van der Waals surface area contributed by atoms with Crippen LogP contribution < -0.4 is 4.74 Å². The summed E-state index contributed by atoms with van der Waals surface area (Å²) in [7, 11) is 3.26. The third-order valence-electron chi connectivity index (χ3n) is 4.23. The standard InChI is InChI=1S/C18H24FNO2/c1-20(13-15-6-4-3-5-7-15)18(21)11-9-14-8-10-17(22-2)16(19)12-14/h8-12,15H,3-7,13H2,1-2H3/b11-9+. The summed E-state index contributed by atoms with van der Waals surface area (Å²) in [6.45, 7) is 0.806. The molecule has 1 saturated carbocycles. The Balaban J connectivity index is 1.90. The number of likely N-dealkylation sites (N-methyl/N-ethyl adjacent to an activating group) is 1. The number of ether oxygens (including phenoxy) is 1. The Morgan fingerprint density at radius 1 is 1.36 bits per heavy atom. The van der Waals surface area contributed by atoms with Crippen molar-refractivity contribution < 1.29 is 13.9 Å². The smallest absolute Gasteiger partial charge is 0.246 e. The van der Waals surface area contributed by atoms with Crippen LogP contribution in [0.2, 0.25) is 0 Å². The molecule has 0 aromatic heterocycles. The molecule has 4 heteroatoms. The molecule has 1 aromatic carbocycles. The van der Waals surface area contributed by atoms with Gasteiger partial charge in [0.05, 0.1) is 7.11 Å². The van der Waals surface area contributed by atoms with Crippen molar-refractivity contribution in [2.75, 3.05) is 20.7 Å². The van der Waals surface area contributed by atoms with E-state index in [1.807, 2.05) is 7.05 Å². The van der Waals surface area contributed by atoms with Gasteiger partial charge < -0.3 is 9.64 Å². The number of rotatable bonds is 5. The van der Waals surface area contributed by atoms with Crippen LogP contribution in [0.3, 0.4) is 0 Å². The quantitative estimate of drug-likeness (QED) is 0.773. The first kappa shape index (κ1) is 16.5. The van der Waals surface area contributed by atoms with Gasteiger partial charge in [0, 0.05) is 19.7 Å². The molecule has 0 N–H and O–H groups in total. The fraction of sp³-hybridized carbons (Fsp3) is 0.500. The lowest BCUT2D eigenvalue weighted by molar-refractivity contribution is -0.125. The van der Waals surface area contributed by atoms with Crippen molar-refractivity contribution in [2.45, 2.75) is 32.1 Å². The van der Waals surface area contributed by atoms with Gasteiger partial charge in [-0.05, 0) is 42.5 Å². The van der Waals surface area contributed by atoms with Crippen LogP contribution >= 0.6 is 0 Å². The first-order valence-corrected chi connectivity index (χ1v) is 7.87. The van der Waals surface area contributed by atoms with Crippen molar-refractivity contribution >= 4 is 12.0 Å². The Hall–Kier alpha value is -1.84. The maximum absolute atomic E-state index is 13.6. The minimum absolute atomic E-state index is 0.0400. The number of carbonyl (C=O) groups excluding carboxylic acids is 1. The molecule has 0 unspecified atom stereocenters. The highest BCUT2D eigenvalue weighted by atomic mass is 19.1. The number of nitrogens with zero attached hydrogens (tertiary/aromatic N) is 1. The van der Waals surface area contributed by atoms with E-state index in [9.17, 15) is 9.18 Å². The van der Waals surface area contributed by atoms with Crippen molar-refractivity contribution in [1.29, 1.82) is 0 Å². The van der Waals surface area contributed by atoms with E-state index >= 15 is 0 Å². The summed E-state index contributed by atoms with van der Waals surface area (Å²) in [6, 6.07) is 4.65. The fourth-order valence-electron chi connectivity index (χ4n) is 2.93. The van der Waals surface area contributed by atoms with Crippen LogP contribution in [0.25, 0.3) is 6.08 Å². The number of hydrogen-bond acceptors (Lipinski definition) is 2. The van der Waals surface area contributed by atoms with Crippen molar-refractivity contribution in [3.8, 4) is 5.75 Å². The van der Waals surface area contributed by atoms with E-state index in [0.29, 0.717) is 11.5 Å². The zero-order chi connectivity index (χ0) is 15.9. The van der Waals surface area contributed by atoms with Crippen molar-refractivity contribution in [3.05, 3.63) is 35.7 Å². The van der Waals surface area contributed by atoms with E-state index in [2.05, 4.69) is 0 Å². The Morgan fingerprint density at radius 3 is 2.73 bits per heavy atom. The summed E-state index contributed by atoms with van der Waals surface area (Å²) >= 11 is 0. The monoisotopic (exact) mass is 305 g/mol. The Labute approximate surface area is 131 Å². The van der Waals surface area contributed by atoms with Gasteiger partial charge in [-0.1, -0.05) is 25.3 Å². The average molecular weight is 305 g/mol. The number of halogens is 1. The van der Waals surface area contributed by atoms with Crippen LogP contribution in [-0.4, -0.2) is 31.5 Å². The lowest BCUT2D eigenvalue weighted by Gasteiger charge is -2.26. The predicted octanol–water partition coefficient (Wildman–Crippen LogP) is 3.89. The van der Waals surface area contributed by atoms with Crippen LogP contribution in [0, 0.1) is 11.7 Å². The second-order valence-electron chi connectivity index (χ2n) is 5.95. The maximum atomic E-state index is 13.6. The topological polar surface area (TPSA) is 29.5 Å². The van der Waals surface area contributed by atoms with E-state index in [-0.39, 0.29) is 11.7 Å². The maximum Gasteiger partial charge on any atom is 0.246 e. The minimum Gasteiger partial charge on any atom is -0.494 e. The first-order valence-electron chi connectivity index (χ1n) is 7.87. The Kier molecular flexibility index (Phi) is 5.99. The number of benzene rings is 1. The zero-order valence-corrected chi connectivity index (χ0v) is 13.3. The molecule has 1 aromatic rings. The lowest BCUT2D eigenvalue weighted by atomic mass is 9.89. The van der Waals surface area contributed by atoms with Crippen LogP contribution in [0.5, 0.6) is 5.75 Å². The number of carbonyl (C=O) groups is 1. The lowest BCUT2D eigenvalue weighted by Crippen LogP contribution is -2.31. The highest BCUT2D eigenvalue weighted by Crippen LogP contribution is 2.24. The van der Waals surface area contributed by atoms with Crippen LogP contribution in [0.15, 0.2) is 24.3 Å². The summed E-state index contributed by atoms with van der Waals surface area (Å²) in [5.41, 5.74) is 0.651. The van der Waals surface area contributed by atoms with Gasteiger partial charge in [-0.15, -0.1) is 0 Å². The van der Waals surface area contributed by atoms with Gasteiger partial charge in [0.2, 0.25) is 5.91 Å². The molecule has 22 heavy (non-hydrogen) atoms. The third-order valence-corrected chi connectivity index (χ3v) is 4.23. The molecule has 0 aliphatic heterocycles. The summed E-state index contributed by atoms with van der Waals surface area (Å²) in [5.74, 6) is 0.363. The van der Waals surface area contributed by atoms with Crippen LogP contribution in [-0.2, 0) is 4.79 Å². The first-order chi connectivity index (χ1) is 10.6. The molecule has 120 valence electrons. The van der Waals surface area contributed by atoms with E-state index < -0.39 is 5.82 Å². The van der Waals surface area contributed by atoms with E-state index in [1.54, 1.807) is 23.1 Å². The molecule has 1 aliphatic rings. The highest BCUT2D eigenvalue weighted by molar-refractivity contribution is 5.91. The molecule has 0 radical (unpaired) electrons. The predicted molar refractivity (Wildman–Crippen MR) is 86.2 cm³/mol. The SMILES string of the molecule is COc1ccc(/C=C/C(=O)N(C)CC2CCCCC2)cc1F. The summed E-state index contributed by atoms with van der Waals surface area (Å²) < 4.78 is 18.5. The highest BCUT2D eigenvalue weighted by Gasteiger charge is 2.17. The Bertz CT molecular complexity index is 536. The zero-order valence-electron chi connectivity index (χ0n) is 13.3. The van der Waals surface area contributed by atoms with E-state index in [4.69, 9.17) is 4.74 Å². The van der Waals surface area contributed by atoms with E-state index in [1.165, 1.54) is 51.4 Å². The summed E-state index contributed by atoms with van der Waals surface area (Å²) in [6.07, 6.45) is 9.43. The van der Waals surface area contributed by atoms with E-state index in [0.717, 1.165) is 6.54 Å². The molecular weight excluding hydrogens is 281 g/mol. The molecule has 1 amide bonds. The normalized spacial score (nSPS) is 16.0. The molecule has 0 bridgehead atoms. The van der Waals surface area contributed by atoms with Crippen LogP contribution in [0.1, 0.15) is 37.7 Å². The third kappa shape index (κ3) is 4.58. The molecule has 1 aliphatic carbocycles. The van der Waals surface area contributed by atoms with Gasteiger partial charge in [-0.25, -0.2) is 4.39 Å². The summed E-state index contributed by atoms with van der Waals surface area (Å²) in [5, 5.41) is 0. The fourth-order valence-corrected chi connectivity index (χ4v) is 2.93. The van der Waals surface area contributed by atoms with Gasteiger partial charge in [-0.3, -0.25) is 4.79 Å². The molecule has 1 fully saturated rings. The minimum atomic E-state index is -0.423. The average Bonchev–Trinajstić information content (AvgIpc) is 2.53. The van der Waals surface area contributed by atoms with Gasteiger partial charge in [0.15, 0.2) is 11.6 Å². The summed E-state index contributed by atoms with van der Waals surface area (Å²) in [4.78, 5) is 13.9. The van der Waals surface area contributed by atoms with Gasteiger partial charge >= 0.3 is 0 Å². The molecule has 0 heterocycles. The number of amides is 1. The molecule has 0 spiro atoms. The largest absolute Gasteiger partial charge is 0.494 e. The molecule has 0 atom stereocenters. The van der Waals surface area contributed by atoms with Crippen molar-refractivity contribution in [3.63, 3.8) is 0 Å². The second-order valence-corrected chi connectivity index (χ2v) is 5.95. The van der Waals surface area contributed by atoms with Crippen molar-refractivity contribution in [2.24, 2.45) is 5.92 Å². The number of hydrogen-bond donors (Lipinski definition) is 0. The molecule has 2 rings (SSSR count). The molecule has 3 nitrogen and oxygen atoms in total. The number of methoxy groups -OCH3 is 1. The Morgan fingerprint density at radius 2 is 2.09 bits per heavy atom. The second kappa shape index (κ2) is 7.97. The molecule has 0 saturated heterocycles. The van der Waals surface area contributed by atoms with Crippen LogP contribution in [0.4, 0.5) is 4.39 Å². The van der Waals surface area contributed by atoms with Gasteiger partial charge in [-0.2, -0.15) is 0 Å². The molecular formula is C18H24FNO2. The van der Waals surface area contributed by atoms with Gasteiger partial charge in [0.1, 0.15) is 0 Å². The van der Waals surface area contributed by atoms with Gasteiger partial charge in [0.25, 0.3) is 0 Å². The van der Waals surface area contributed by atoms with Crippen molar-refractivity contribution in [1.82, 2.24) is 4.90 Å².